The lowest BCUT2D eigenvalue weighted by atomic mass is 9.97. The van der Waals surface area contributed by atoms with Crippen LogP contribution >= 0.6 is 0 Å². The molecule has 0 saturated carbocycles. The minimum atomic E-state index is -2.02. The summed E-state index contributed by atoms with van der Waals surface area (Å²) in [6, 6.07) is 5.83. The van der Waals surface area contributed by atoms with E-state index in [1.807, 2.05) is 0 Å². The van der Waals surface area contributed by atoms with E-state index in [0.29, 0.717) is 0 Å². The maximum atomic E-state index is 13.7. The number of phenols is 3. The number of aliphatic hydroxyl groups is 7. The average Bonchev–Trinajstić information content (AvgIpc) is 3.02. The fourth-order valence-electron chi connectivity index (χ4n) is 5.11. The lowest BCUT2D eigenvalue weighted by Gasteiger charge is -2.45. The zero-order valence-electron chi connectivity index (χ0n) is 23.4. The van der Waals surface area contributed by atoms with E-state index < -0.39 is 103 Å². The first-order chi connectivity index (χ1) is 21.4. The molecule has 5 unspecified atom stereocenters. The number of hydrogen-bond donors (Lipinski definition) is 10. The highest BCUT2D eigenvalue weighted by Gasteiger charge is 2.51. The standard InChI is InChI=1S/C28H32O17/c1-40-10-5-13(33)17-14(6-10)41-24(9-2-3-11(31)12(32)4-9)26(19(17)35)45-28-23(39)21(37)25(16(8-30)43-28)44-27-22(38)20(36)18(34)15(7-29)42-27/h2-6,15-16,18,20-23,25,27-34,36-39H,7-8H2,1H3/t15?,16?,18-,20?,21?,22-,23?,25+,27+,28+/m1/s1. The van der Waals surface area contributed by atoms with Crippen molar-refractivity contribution >= 4 is 11.0 Å². The number of rotatable bonds is 8. The molecule has 0 spiro atoms. The van der Waals surface area contributed by atoms with Crippen LogP contribution in [0.2, 0.25) is 0 Å². The molecule has 1 aromatic heterocycles. The van der Waals surface area contributed by atoms with Gasteiger partial charge in [0.25, 0.3) is 0 Å². The van der Waals surface area contributed by atoms with Crippen LogP contribution in [-0.4, -0.2) is 133 Å². The summed E-state index contributed by atoms with van der Waals surface area (Å²) in [6.07, 6.45) is -17.6. The van der Waals surface area contributed by atoms with Gasteiger partial charge in [0, 0.05) is 17.7 Å². The number of aliphatic hydroxyl groups excluding tert-OH is 7. The van der Waals surface area contributed by atoms with Crippen LogP contribution in [0.5, 0.6) is 28.7 Å². The maximum absolute atomic E-state index is 13.7. The number of hydrogen-bond acceptors (Lipinski definition) is 17. The van der Waals surface area contributed by atoms with Gasteiger partial charge >= 0.3 is 0 Å². The third kappa shape index (κ3) is 5.98. The first-order valence-corrected chi connectivity index (χ1v) is 13.5. The molecule has 10 N–H and O–H groups in total. The monoisotopic (exact) mass is 640 g/mol. The molecule has 2 aromatic carbocycles. The number of aromatic hydroxyl groups is 3. The van der Waals surface area contributed by atoms with Crippen LogP contribution in [0.15, 0.2) is 39.5 Å². The second-order valence-electron chi connectivity index (χ2n) is 10.4. The predicted octanol–water partition coefficient (Wildman–Crippen LogP) is -2.41. The largest absolute Gasteiger partial charge is 0.507 e. The Kier molecular flexibility index (Phi) is 9.38. The molecule has 0 bridgehead atoms. The van der Waals surface area contributed by atoms with Crippen molar-refractivity contribution in [1.29, 1.82) is 0 Å². The third-order valence-corrected chi connectivity index (χ3v) is 7.57. The molecule has 2 fully saturated rings. The number of ether oxygens (including phenoxy) is 5. The third-order valence-electron chi connectivity index (χ3n) is 7.57. The Morgan fingerprint density at radius 1 is 0.756 bits per heavy atom. The Bertz CT molecular complexity index is 1570. The Hall–Kier alpha value is -3.75. The molecule has 17 heteroatoms. The van der Waals surface area contributed by atoms with Crippen LogP contribution in [0, 0.1) is 0 Å². The van der Waals surface area contributed by atoms with E-state index in [2.05, 4.69) is 0 Å². The predicted molar refractivity (Wildman–Crippen MR) is 146 cm³/mol. The van der Waals surface area contributed by atoms with Crippen molar-refractivity contribution in [3.8, 4) is 40.1 Å². The van der Waals surface area contributed by atoms with Crippen LogP contribution in [0.25, 0.3) is 22.3 Å². The molecule has 0 amide bonds. The van der Waals surface area contributed by atoms with Gasteiger partial charge < -0.3 is 79.2 Å². The fourth-order valence-corrected chi connectivity index (χ4v) is 5.11. The molecular formula is C28H32O17. The summed E-state index contributed by atoms with van der Waals surface area (Å²) in [5.41, 5.74) is -1.15. The molecular weight excluding hydrogens is 608 g/mol. The average molecular weight is 641 g/mol. The molecule has 2 saturated heterocycles. The minimum Gasteiger partial charge on any atom is -0.507 e. The summed E-state index contributed by atoms with van der Waals surface area (Å²) in [5, 5.41) is 102. The fraction of sp³-hybridized carbons (Fsp3) is 0.464. The quantitative estimate of drug-likeness (QED) is 0.115. The van der Waals surface area contributed by atoms with E-state index in [1.54, 1.807) is 0 Å². The van der Waals surface area contributed by atoms with Crippen LogP contribution in [0.3, 0.4) is 0 Å². The number of fused-ring (bicyclic) bond motifs is 1. The molecule has 45 heavy (non-hydrogen) atoms. The van der Waals surface area contributed by atoms with E-state index in [4.69, 9.17) is 28.1 Å². The number of phenolic OH excluding ortho intramolecular Hbond substituents is 3. The second kappa shape index (κ2) is 12.9. The van der Waals surface area contributed by atoms with Gasteiger partial charge in [0.15, 0.2) is 23.5 Å². The van der Waals surface area contributed by atoms with E-state index in [0.717, 1.165) is 18.2 Å². The molecule has 17 nitrogen and oxygen atoms in total. The Balaban J connectivity index is 1.50. The Morgan fingerprint density at radius 2 is 1.42 bits per heavy atom. The maximum Gasteiger partial charge on any atom is 0.239 e. The van der Waals surface area contributed by atoms with Gasteiger partial charge in [-0.2, -0.15) is 0 Å². The van der Waals surface area contributed by atoms with Crippen molar-refractivity contribution in [3.63, 3.8) is 0 Å². The van der Waals surface area contributed by atoms with Gasteiger partial charge in [0.2, 0.25) is 17.5 Å². The summed E-state index contributed by atoms with van der Waals surface area (Å²) in [5.74, 6) is -2.55. The van der Waals surface area contributed by atoms with Gasteiger partial charge in [-0.15, -0.1) is 0 Å². The normalized spacial score (nSPS) is 32.0. The van der Waals surface area contributed by atoms with E-state index in [1.165, 1.54) is 19.2 Å². The molecule has 246 valence electrons. The summed E-state index contributed by atoms with van der Waals surface area (Å²) < 4.78 is 33.1. The molecule has 3 heterocycles. The zero-order chi connectivity index (χ0) is 32.7. The van der Waals surface area contributed by atoms with Crippen LogP contribution in [-0.2, 0) is 14.2 Å². The van der Waals surface area contributed by atoms with Crippen molar-refractivity contribution in [2.45, 2.75) is 61.4 Å². The van der Waals surface area contributed by atoms with E-state index in [-0.39, 0.29) is 28.0 Å². The lowest BCUT2D eigenvalue weighted by molar-refractivity contribution is -0.352. The molecule has 3 aromatic rings. The summed E-state index contributed by atoms with van der Waals surface area (Å²) in [4.78, 5) is 13.7. The second-order valence-corrected chi connectivity index (χ2v) is 10.4. The molecule has 2 aliphatic rings. The van der Waals surface area contributed by atoms with Gasteiger partial charge in [0.05, 0.1) is 20.3 Å². The van der Waals surface area contributed by atoms with Crippen LogP contribution in [0.4, 0.5) is 0 Å². The number of benzene rings is 2. The van der Waals surface area contributed by atoms with Gasteiger partial charge in [-0.1, -0.05) is 0 Å². The van der Waals surface area contributed by atoms with Gasteiger partial charge in [-0.25, -0.2) is 0 Å². The first kappa shape index (κ1) is 32.6. The highest BCUT2D eigenvalue weighted by Crippen LogP contribution is 2.40. The zero-order valence-corrected chi connectivity index (χ0v) is 23.4. The summed E-state index contributed by atoms with van der Waals surface area (Å²) in [7, 11) is 1.31. The highest BCUT2D eigenvalue weighted by atomic mass is 16.7. The molecule has 5 rings (SSSR count). The topological polar surface area (TPSA) is 279 Å². The Morgan fingerprint density at radius 3 is 2.07 bits per heavy atom. The lowest BCUT2D eigenvalue weighted by Crippen LogP contribution is -2.65. The van der Waals surface area contributed by atoms with Crippen molar-refractivity contribution in [2.75, 3.05) is 20.3 Å². The SMILES string of the molecule is COc1cc(O)c2c(=O)c(O[C@@H]3OC(CO)[C@H](O[C@@H]4OC(CO)[C@@H](O)C(O)[C@H]4O)C(O)C3O)c(-c3ccc(O)c(O)c3)oc2c1. The van der Waals surface area contributed by atoms with Gasteiger partial charge in [0.1, 0.15) is 71.3 Å². The molecule has 2 aliphatic heterocycles. The first-order valence-electron chi connectivity index (χ1n) is 13.5. The molecule has 10 atom stereocenters. The molecule has 0 radical (unpaired) electrons. The van der Waals surface area contributed by atoms with Crippen LogP contribution < -0.4 is 14.9 Å². The van der Waals surface area contributed by atoms with E-state index in [9.17, 15) is 55.9 Å². The van der Waals surface area contributed by atoms with E-state index >= 15 is 0 Å². The van der Waals surface area contributed by atoms with Gasteiger partial charge in [-0.3, -0.25) is 4.79 Å². The van der Waals surface area contributed by atoms with Crippen molar-refractivity contribution in [1.82, 2.24) is 0 Å². The van der Waals surface area contributed by atoms with Crippen molar-refractivity contribution < 1.29 is 79.2 Å². The summed E-state index contributed by atoms with van der Waals surface area (Å²) >= 11 is 0. The van der Waals surface area contributed by atoms with Crippen molar-refractivity contribution in [2.24, 2.45) is 0 Å². The van der Waals surface area contributed by atoms with Crippen molar-refractivity contribution in [3.05, 3.63) is 40.6 Å². The highest BCUT2D eigenvalue weighted by molar-refractivity contribution is 5.88. The minimum absolute atomic E-state index is 0.00464. The Labute approximate surface area is 252 Å². The molecule has 0 aliphatic carbocycles. The van der Waals surface area contributed by atoms with Gasteiger partial charge in [-0.05, 0) is 18.2 Å². The van der Waals surface area contributed by atoms with Crippen LogP contribution in [0.1, 0.15) is 0 Å². The summed E-state index contributed by atoms with van der Waals surface area (Å²) in [6.45, 7) is -1.65. The smallest absolute Gasteiger partial charge is 0.239 e. The number of methoxy groups -OCH3 is 1.